The molecule has 2 aliphatic rings. The Balaban J connectivity index is 0.00000176. The number of rotatable bonds is 2. The van der Waals surface area contributed by atoms with Crippen LogP contribution in [-0.4, -0.2) is 47.5 Å². The first-order valence-electron chi connectivity index (χ1n) is 7.03. The Morgan fingerprint density at radius 2 is 1.91 bits per heavy atom. The number of amides is 2. The summed E-state index contributed by atoms with van der Waals surface area (Å²) in [4.78, 5) is 41.5. The summed E-state index contributed by atoms with van der Waals surface area (Å²) in [6.07, 6.45) is 1.97. The third-order valence-corrected chi connectivity index (χ3v) is 3.81. The number of carbonyl (C=O) groups is 2. The van der Waals surface area contributed by atoms with Crippen molar-refractivity contribution in [2.24, 2.45) is 0 Å². The van der Waals surface area contributed by atoms with E-state index in [1.54, 1.807) is 0 Å². The maximum absolute atomic E-state index is 12.2. The Labute approximate surface area is 128 Å². The van der Waals surface area contributed by atoms with E-state index in [2.05, 4.69) is 15.6 Å². The van der Waals surface area contributed by atoms with Gasteiger partial charge in [-0.3, -0.25) is 24.3 Å². The number of piperazine rings is 1. The van der Waals surface area contributed by atoms with Gasteiger partial charge in [0, 0.05) is 38.7 Å². The molecule has 0 spiro atoms. The SMILES string of the molecule is C.O=C1CCC(n2cnc(N3CCNCC3)cc2=O)C(=O)N1. The van der Waals surface area contributed by atoms with Gasteiger partial charge >= 0.3 is 0 Å². The number of nitrogens with one attached hydrogen (secondary N) is 2. The molecule has 1 unspecified atom stereocenters. The van der Waals surface area contributed by atoms with Crippen LogP contribution in [0.2, 0.25) is 0 Å². The van der Waals surface area contributed by atoms with Gasteiger partial charge in [0.25, 0.3) is 5.56 Å². The Bertz CT molecular complexity index is 621. The summed E-state index contributed by atoms with van der Waals surface area (Å²) in [6.45, 7) is 3.32. The fourth-order valence-corrected chi connectivity index (χ4v) is 2.65. The van der Waals surface area contributed by atoms with Gasteiger partial charge in [0.2, 0.25) is 11.8 Å². The second-order valence-electron chi connectivity index (χ2n) is 5.20. The van der Waals surface area contributed by atoms with Crippen LogP contribution in [0.3, 0.4) is 0 Å². The van der Waals surface area contributed by atoms with Crippen molar-refractivity contribution in [2.75, 3.05) is 31.1 Å². The van der Waals surface area contributed by atoms with Crippen LogP contribution in [-0.2, 0) is 9.59 Å². The summed E-state index contributed by atoms with van der Waals surface area (Å²) in [5, 5.41) is 5.48. The molecule has 8 nitrogen and oxygen atoms in total. The Kier molecular flexibility index (Phi) is 4.92. The summed E-state index contributed by atoms with van der Waals surface area (Å²) in [6, 6.07) is 0.800. The van der Waals surface area contributed by atoms with Crippen LogP contribution >= 0.6 is 0 Å². The third kappa shape index (κ3) is 3.16. The molecule has 1 atom stereocenters. The first-order chi connectivity index (χ1) is 10.1. The van der Waals surface area contributed by atoms with Crippen LogP contribution in [0.15, 0.2) is 17.2 Å². The smallest absolute Gasteiger partial charge is 0.256 e. The van der Waals surface area contributed by atoms with Gasteiger partial charge in [0.15, 0.2) is 0 Å². The minimum atomic E-state index is -0.653. The van der Waals surface area contributed by atoms with E-state index in [9.17, 15) is 14.4 Å². The van der Waals surface area contributed by atoms with Crippen LogP contribution < -0.4 is 21.1 Å². The van der Waals surface area contributed by atoms with Crippen molar-refractivity contribution < 1.29 is 9.59 Å². The average molecular weight is 307 g/mol. The second kappa shape index (κ2) is 6.69. The monoisotopic (exact) mass is 307 g/mol. The number of hydrogen-bond acceptors (Lipinski definition) is 6. The molecule has 0 bridgehead atoms. The van der Waals surface area contributed by atoms with E-state index in [0.29, 0.717) is 12.2 Å². The summed E-state index contributed by atoms with van der Waals surface area (Å²) < 4.78 is 1.30. The van der Waals surface area contributed by atoms with E-state index in [1.165, 1.54) is 17.0 Å². The molecule has 2 aliphatic heterocycles. The highest BCUT2D eigenvalue weighted by atomic mass is 16.2. The van der Waals surface area contributed by atoms with Gasteiger partial charge in [0.05, 0.1) is 0 Å². The number of carbonyl (C=O) groups excluding carboxylic acids is 2. The third-order valence-electron chi connectivity index (χ3n) is 3.81. The van der Waals surface area contributed by atoms with Crippen molar-refractivity contribution in [2.45, 2.75) is 26.3 Å². The number of imide groups is 1. The quantitative estimate of drug-likeness (QED) is 0.699. The van der Waals surface area contributed by atoms with Gasteiger partial charge < -0.3 is 10.2 Å². The van der Waals surface area contributed by atoms with Crippen LogP contribution in [0.1, 0.15) is 26.3 Å². The van der Waals surface area contributed by atoms with Gasteiger partial charge in [0.1, 0.15) is 18.2 Å². The number of aromatic nitrogens is 2. The minimum absolute atomic E-state index is 0. The molecule has 2 fully saturated rings. The predicted octanol–water partition coefficient (Wildman–Crippen LogP) is -0.733. The lowest BCUT2D eigenvalue weighted by Gasteiger charge is -2.29. The van der Waals surface area contributed by atoms with Crippen LogP contribution in [0.25, 0.3) is 0 Å². The Hall–Kier alpha value is -2.22. The van der Waals surface area contributed by atoms with E-state index >= 15 is 0 Å². The van der Waals surface area contributed by atoms with Crippen LogP contribution in [0.5, 0.6) is 0 Å². The zero-order chi connectivity index (χ0) is 14.8. The normalized spacial score (nSPS) is 22.0. The number of hydrogen-bond donors (Lipinski definition) is 2. The Morgan fingerprint density at radius 3 is 2.55 bits per heavy atom. The fourth-order valence-electron chi connectivity index (χ4n) is 2.65. The molecule has 3 rings (SSSR count). The summed E-state index contributed by atoms with van der Waals surface area (Å²) in [5.74, 6) is -0.107. The van der Waals surface area contributed by atoms with Crippen molar-refractivity contribution in [1.29, 1.82) is 0 Å². The van der Waals surface area contributed by atoms with Crippen LogP contribution in [0, 0.1) is 0 Å². The molecular weight excluding hydrogens is 286 g/mol. The highest BCUT2D eigenvalue weighted by molar-refractivity contribution is 5.99. The Morgan fingerprint density at radius 1 is 1.18 bits per heavy atom. The van der Waals surface area contributed by atoms with Crippen LogP contribution in [0.4, 0.5) is 5.82 Å². The molecule has 0 saturated carbocycles. The van der Waals surface area contributed by atoms with Crippen molar-refractivity contribution in [1.82, 2.24) is 20.2 Å². The van der Waals surface area contributed by atoms with E-state index in [1.807, 2.05) is 4.90 Å². The topological polar surface area (TPSA) is 96.3 Å². The van der Waals surface area contributed by atoms with E-state index in [0.717, 1.165) is 26.2 Å². The molecule has 22 heavy (non-hydrogen) atoms. The van der Waals surface area contributed by atoms with Crippen molar-refractivity contribution in [3.63, 3.8) is 0 Å². The van der Waals surface area contributed by atoms with E-state index in [-0.39, 0.29) is 25.3 Å². The fraction of sp³-hybridized carbons (Fsp3) is 0.571. The molecule has 8 heteroatoms. The summed E-state index contributed by atoms with van der Waals surface area (Å²) in [5.41, 5.74) is -0.270. The number of nitrogens with zero attached hydrogens (tertiary/aromatic N) is 3. The summed E-state index contributed by atoms with van der Waals surface area (Å²) in [7, 11) is 0. The number of anilines is 1. The van der Waals surface area contributed by atoms with Crippen molar-refractivity contribution >= 4 is 17.6 Å². The zero-order valence-corrected chi connectivity index (χ0v) is 11.5. The molecule has 0 radical (unpaired) electrons. The maximum Gasteiger partial charge on any atom is 0.256 e. The molecule has 0 aliphatic carbocycles. The molecule has 2 saturated heterocycles. The van der Waals surface area contributed by atoms with Gasteiger partial charge in [-0.15, -0.1) is 0 Å². The number of piperidine rings is 1. The highest BCUT2D eigenvalue weighted by Crippen LogP contribution is 2.17. The molecule has 1 aromatic heterocycles. The second-order valence-corrected chi connectivity index (χ2v) is 5.20. The van der Waals surface area contributed by atoms with E-state index < -0.39 is 11.9 Å². The highest BCUT2D eigenvalue weighted by Gasteiger charge is 2.29. The predicted molar refractivity (Wildman–Crippen MR) is 81.7 cm³/mol. The van der Waals surface area contributed by atoms with Gasteiger partial charge in [-0.05, 0) is 6.42 Å². The molecule has 1 aromatic rings. The molecule has 2 amide bonds. The minimum Gasteiger partial charge on any atom is -0.354 e. The first kappa shape index (κ1) is 16.2. The zero-order valence-electron chi connectivity index (χ0n) is 11.5. The molecule has 120 valence electrons. The lowest BCUT2D eigenvalue weighted by Crippen LogP contribution is -2.46. The molecule has 2 N–H and O–H groups in total. The van der Waals surface area contributed by atoms with Gasteiger partial charge in [-0.1, -0.05) is 7.43 Å². The lowest BCUT2D eigenvalue weighted by molar-refractivity contribution is -0.135. The largest absolute Gasteiger partial charge is 0.354 e. The lowest BCUT2D eigenvalue weighted by atomic mass is 10.1. The molecule has 3 heterocycles. The van der Waals surface area contributed by atoms with Gasteiger partial charge in [-0.25, -0.2) is 4.98 Å². The van der Waals surface area contributed by atoms with Crippen molar-refractivity contribution in [3.05, 3.63) is 22.7 Å². The maximum atomic E-state index is 12.2. The van der Waals surface area contributed by atoms with Gasteiger partial charge in [-0.2, -0.15) is 0 Å². The standard InChI is InChI=1S/C13H17N5O3.CH4/c19-11-2-1-9(13(21)16-11)18-8-15-10(7-12(18)20)17-5-3-14-4-6-17;/h7-9,14H,1-6H2,(H,16,19,21);1H4. The van der Waals surface area contributed by atoms with E-state index in [4.69, 9.17) is 0 Å². The average Bonchev–Trinajstić information content (AvgIpc) is 2.49. The molecule has 0 aromatic carbocycles. The molecular formula is C14H21N5O3. The first-order valence-corrected chi connectivity index (χ1v) is 7.03. The summed E-state index contributed by atoms with van der Waals surface area (Å²) >= 11 is 0. The van der Waals surface area contributed by atoms with Crippen molar-refractivity contribution in [3.8, 4) is 0 Å².